The van der Waals surface area contributed by atoms with Crippen LogP contribution in [0.3, 0.4) is 0 Å². The second-order valence-corrected chi connectivity index (χ2v) is 8.50. The van der Waals surface area contributed by atoms with Crippen molar-refractivity contribution in [3.05, 3.63) is 41.9 Å². The summed E-state index contributed by atoms with van der Waals surface area (Å²) >= 11 is 0. The normalized spacial score (nSPS) is 12.4. The Bertz CT molecular complexity index is 818. The van der Waals surface area contributed by atoms with E-state index in [1.807, 2.05) is 27.7 Å². The zero-order valence-corrected chi connectivity index (χ0v) is 17.7. The summed E-state index contributed by atoms with van der Waals surface area (Å²) in [6.45, 7) is 8.27. The van der Waals surface area contributed by atoms with Gasteiger partial charge >= 0.3 is 0 Å². The van der Waals surface area contributed by atoms with E-state index in [0.29, 0.717) is 24.7 Å². The molecule has 30 heavy (non-hydrogen) atoms. The van der Waals surface area contributed by atoms with Gasteiger partial charge in [0.1, 0.15) is 23.7 Å². The Morgan fingerprint density at radius 2 is 1.60 bits per heavy atom. The standard InChI is InChI=1S/C22H29F4N3O/c1-13(2)10-22(27,11-14(3)4)12-30-18-6-5-16(29-19(18)21(25)26)15-7-8-28-17(9-15)20(23)24/h5-9,13-14,20-21H,10-12,27H2,1-4H3. The van der Waals surface area contributed by atoms with Crippen LogP contribution in [0.4, 0.5) is 17.6 Å². The third-order valence-corrected chi connectivity index (χ3v) is 4.54. The summed E-state index contributed by atoms with van der Waals surface area (Å²) in [6.07, 6.45) is -3.08. The minimum atomic E-state index is -2.89. The number of hydrogen-bond donors (Lipinski definition) is 1. The van der Waals surface area contributed by atoms with Gasteiger partial charge in [0, 0.05) is 11.8 Å². The molecule has 2 heterocycles. The molecule has 0 amide bonds. The Morgan fingerprint density at radius 3 is 2.13 bits per heavy atom. The van der Waals surface area contributed by atoms with Crippen LogP contribution >= 0.6 is 0 Å². The molecule has 0 atom stereocenters. The Morgan fingerprint density at radius 1 is 0.967 bits per heavy atom. The lowest BCUT2D eigenvalue weighted by Crippen LogP contribution is -2.47. The van der Waals surface area contributed by atoms with Crippen LogP contribution in [0.5, 0.6) is 5.75 Å². The number of halogens is 4. The second-order valence-electron chi connectivity index (χ2n) is 8.50. The van der Waals surface area contributed by atoms with E-state index in [1.54, 1.807) is 0 Å². The highest BCUT2D eigenvalue weighted by molar-refractivity contribution is 5.60. The summed E-state index contributed by atoms with van der Waals surface area (Å²) in [6, 6.07) is 5.44. The Labute approximate surface area is 174 Å². The van der Waals surface area contributed by atoms with Gasteiger partial charge in [-0.1, -0.05) is 27.7 Å². The van der Waals surface area contributed by atoms with Crippen molar-refractivity contribution in [3.8, 4) is 17.0 Å². The molecule has 0 aromatic carbocycles. The molecule has 2 N–H and O–H groups in total. The van der Waals surface area contributed by atoms with Gasteiger partial charge in [0.15, 0.2) is 0 Å². The average Bonchev–Trinajstić information content (AvgIpc) is 2.65. The summed E-state index contributed by atoms with van der Waals surface area (Å²) in [7, 11) is 0. The molecule has 4 nitrogen and oxygen atoms in total. The molecule has 0 fully saturated rings. The summed E-state index contributed by atoms with van der Waals surface area (Å²) in [5.41, 5.74) is 5.31. The third-order valence-electron chi connectivity index (χ3n) is 4.54. The number of nitrogens with zero attached hydrogens (tertiary/aromatic N) is 2. The van der Waals surface area contributed by atoms with Gasteiger partial charge in [-0.25, -0.2) is 22.5 Å². The van der Waals surface area contributed by atoms with Crippen LogP contribution in [0, 0.1) is 11.8 Å². The van der Waals surface area contributed by atoms with E-state index in [9.17, 15) is 17.6 Å². The smallest absolute Gasteiger partial charge is 0.284 e. The van der Waals surface area contributed by atoms with Crippen molar-refractivity contribution >= 4 is 0 Å². The molecule has 2 aromatic heterocycles. The van der Waals surface area contributed by atoms with Crippen molar-refractivity contribution in [3.63, 3.8) is 0 Å². The molecular weight excluding hydrogens is 398 g/mol. The molecule has 0 aliphatic carbocycles. The van der Waals surface area contributed by atoms with Crippen LogP contribution in [-0.4, -0.2) is 22.1 Å². The van der Waals surface area contributed by atoms with Crippen LogP contribution in [0.15, 0.2) is 30.5 Å². The van der Waals surface area contributed by atoms with Crippen LogP contribution in [0.2, 0.25) is 0 Å². The van der Waals surface area contributed by atoms with Gasteiger partial charge in [-0.05, 0) is 48.9 Å². The molecule has 8 heteroatoms. The first kappa shape index (κ1) is 24.1. The zero-order valence-electron chi connectivity index (χ0n) is 17.7. The largest absolute Gasteiger partial charge is 0.490 e. The minimum Gasteiger partial charge on any atom is -0.490 e. The highest BCUT2D eigenvalue weighted by Crippen LogP contribution is 2.32. The molecule has 166 valence electrons. The van der Waals surface area contributed by atoms with Gasteiger partial charge in [0.25, 0.3) is 12.9 Å². The number of nitrogens with two attached hydrogens (primary N) is 1. The van der Waals surface area contributed by atoms with Gasteiger partial charge in [-0.2, -0.15) is 0 Å². The van der Waals surface area contributed by atoms with E-state index in [0.717, 1.165) is 6.07 Å². The van der Waals surface area contributed by atoms with Crippen molar-refractivity contribution in [1.29, 1.82) is 0 Å². The zero-order chi connectivity index (χ0) is 22.5. The lowest BCUT2D eigenvalue weighted by molar-refractivity contribution is 0.129. The van der Waals surface area contributed by atoms with Crippen molar-refractivity contribution in [2.45, 2.75) is 58.9 Å². The second kappa shape index (κ2) is 10.2. The van der Waals surface area contributed by atoms with E-state index in [-0.39, 0.29) is 23.6 Å². The lowest BCUT2D eigenvalue weighted by atomic mass is 9.83. The van der Waals surface area contributed by atoms with Crippen LogP contribution in [0.25, 0.3) is 11.3 Å². The van der Waals surface area contributed by atoms with Crippen LogP contribution in [0.1, 0.15) is 64.8 Å². The molecule has 0 aliphatic rings. The quantitative estimate of drug-likeness (QED) is 0.460. The minimum absolute atomic E-state index is 0.0563. The Balaban J connectivity index is 2.30. The highest BCUT2D eigenvalue weighted by Gasteiger charge is 2.29. The molecule has 2 rings (SSSR count). The van der Waals surface area contributed by atoms with E-state index < -0.39 is 29.8 Å². The highest BCUT2D eigenvalue weighted by atomic mass is 19.3. The fourth-order valence-electron chi connectivity index (χ4n) is 3.68. The maximum absolute atomic E-state index is 13.7. The maximum atomic E-state index is 13.7. The summed E-state index contributed by atoms with van der Waals surface area (Å²) in [5, 5.41) is 0. The molecule has 0 saturated carbocycles. The molecule has 0 bridgehead atoms. The monoisotopic (exact) mass is 427 g/mol. The lowest BCUT2D eigenvalue weighted by Gasteiger charge is -2.33. The molecule has 0 unspecified atom stereocenters. The van der Waals surface area contributed by atoms with Gasteiger partial charge in [0.2, 0.25) is 0 Å². The van der Waals surface area contributed by atoms with E-state index >= 15 is 0 Å². The number of alkyl halides is 4. The number of aromatic nitrogens is 2. The van der Waals surface area contributed by atoms with Crippen LogP contribution in [-0.2, 0) is 0 Å². The first-order valence-corrected chi connectivity index (χ1v) is 9.96. The topological polar surface area (TPSA) is 61.0 Å². The van der Waals surface area contributed by atoms with Gasteiger partial charge in [-0.15, -0.1) is 0 Å². The van der Waals surface area contributed by atoms with E-state index in [4.69, 9.17) is 10.5 Å². The number of ether oxygens (including phenoxy) is 1. The Kier molecular flexibility index (Phi) is 8.18. The summed E-state index contributed by atoms with van der Waals surface area (Å²) in [4.78, 5) is 7.56. The molecule has 0 saturated heterocycles. The Hall–Kier alpha value is -2.22. The average molecular weight is 427 g/mol. The van der Waals surface area contributed by atoms with Crippen molar-refractivity contribution < 1.29 is 22.3 Å². The fourth-order valence-corrected chi connectivity index (χ4v) is 3.68. The van der Waals surface area contributed by atoms with Gasteiger partial charge in [0.05, 0.1) is 11.2 Å². The predicted molar refractivity (Wildman–Crippen MR) is 109 cm³/mol. The molecule has 0 radical (unpaired) electrons. The van der Waals surface area contributed by atoms with Crippen LogP contribution < -0.4 is 10.5 Å². The van der Waals surface area contributed by atoms with Crippen molar-refractivity contribution in [2.75, 3.05) is 6.61 Å². The molecule has 0 spiro atoms. The molecule has 0 aliphatic heterocycles. The maximum Gasteiger partial charge on any atom is 0.284 e. The predicted octanol–water partition coefficient (Wildman–Crippen LogP) is 6.19. The molecule has 2 aromatic rings. The number of rotatable bonds is 10. The van der Waals surface area contributed by atoms with Crippen molar-refractivity contribution in [2.24, 2.45) is 17.6 Å². The first-order valence-electron chi connectivity index (χ1n) is 9.96. The summed E-state index contributed by atoms with van der Waals surface area (Å²) < 4.78 is 58.8. The third kappa shape index (κ3) is 6.65. The number of pyridine rings is 2. The number of hydrogen-bond acceptors (Lipinski definition) is 4. The van der Waals surface area contributed by atoms with Crippen molar-refractivity contribution in [1.82, 2.24) is 9.97 Å². The van der Waals surface area contributed by atoms with E-state index in [2.05, 4.69) is 9.97 Å². The van der Waals surface area contributed by atoms with Gasteiger partial charge < -0.3 is 10.5 Å². The van der Waals surface area contributed by atoms with Gasteiger partial charge in [-0.3, -0.25) is 4.98 Å². The summed E-state index contributed by atoms with van der Waals surface area (Å²) in [5.74, 6) is 0.588. The fraction of sp³-hybridized carbons (Fsp3) is 0.545. The SMILES string of the molecule is CC(C)CC(N)(COc1ccc(-c2ccnc(C(F)F)c2)nc1C(F)F)CC(C)C. The molecular formula is C22H29F4N3O. The first-order chi connectivity index (χ1) is 14.0. The van der Waals surface area contributed by atoms with E-state index in [1.165, 1.54) is 24.4 Å².